The molecule has 2 aromatic rings. The van der Waals surface area contributed by atoms with Crippen LogP contribution in [-0.4, -0.2) is 120 Å². The molecule has 0 aromatic heterocycles. The number of likely N-dealkylation sites (N-methyl/N-ethyl adjacent to an activating group) is 1. The fourth-order valence-corrected chi connectivity index (χ4v) is 9.57. The molecule has 0 spiro atoms. The van der Waals surface area contributed by atoms with Crippen LogP contribution in [-0.2, 0) is 60.7 Å². The Bertz CT molecular complexity index is 1880. The Morgan fingerprint density at radius 2 is 1.79 bits per heavy atom. The Kier molecular flexibility index (Phi) is 11.5. The molecule has 6 fully saturated rings. The smallest absolute Gasteiger partial charge is 0.327 e. The molecular formula is C44H55N3O11. The van der Waals surface area contributed by atoms with E-state index in [1.807, 2.05) is 54.6 Å². The second-order valence-electron chi connectivity index (χ2n) is 17.6. The molecule has 312 valence electrons. The van der Waals surface area contributed by atoms with Gasteiger partial charge in [0.05, 0.1) is 31.4 Å². The van der Waals surface area contributed by atoms with Crippen LogP contribution in [0.1, 0.15) is 76.0 Å². The van der Waals surface area contributed by atoms with Gasteiger partial charge in [0.1, 0.15) is 48.3 Å². The van der Waals surface area contributed by atoms with E-state index in [1.54, 1.807) is 32.9 Å². The van der Waals surface area contributed by atoms with Gasteiger partial charge in [0, 0.05) is 26.3 Å². The molecule has 4 aliphatic heterocycles. The molecule has 4 heterocycles. The summed E-state index contributed by atoms with van der Waals surface area (Å²) in [5.41, 5.74) is 0.515. The SMILES string of the molecule is CN(C(=O)[C@@]12C[C@H]3OC(=O)[C@@H]1N(Cc1ccccc1C=CC1CCC4OC4C1)O[C@@H]2[C@H]1OCO[C@H]13)[C@H](Cc1ccccc1)C(=O)N[C@H](CO)CCC(=O)OC(C)(C)C. The minimum Gasteiger partial charge on any atom is -0.460 e. The average molecular weight is 802 g/mol. The number of amides is 2. The Morgan fingerprint density at radius 1 is 1.03 bits per heavy atom. The van der Waals surface area contributed by atoms with E-state index < -0.39 is 83.9 Å². The minimum atomic E-state index is -1.49. The van der Waals surface area contributed by atoms with Crippen molar-refractivity contribution in [2.75, 3.05) is 20.4 Å². The molecule has 2 amide bonds. The highest BCUT2D eigenvalue weighted by Gasteiger charge is 2.75. The highest BCUT2D eigenvalue weighted by molar-refractivity contribution is 5.96. The van der Waals surface area contributed by atoms with Gasteiger partial charge in [-0.15, -0.1) is 0 Å². The van der Waals surface area contributed by atoms with Crippen LogP contribution >= 0.6 is 0 Å². The largest absolute Gasteiger partial charge is 0.460 e. The van der Waals surface area contributed by atoms with Gasteiger partial charge in [-0.1, -0.05) is 66.7 Å². The van der Waals surface area contributed by atoms with Crippen LogP contribution in [0.2, 0.25) is 0 Å². The van der Waals surface area contributed by atoms with Gasteiger partial charge in [-0.3, -0.25) is 24.0 Å². The maximum Gasteiger partial charge on any atom is 0.327 e. The quantitative estimate of drug-likeness (QED) is 0.212. The molecule has 2 saturated carbocycles. The lowest BCUT2D eigenvalue weighted by Crippen LogP contribution is -2.70. The van der Waals surface area contributed by atoms with Crippen LogP contribution in [0.15, 0.2) is 60.7 Å². The van der Waals surface area contributed by atoms with Crippen molar-refractivity contribution < 1.29 is 52.8 Å². The van der Waals surface area contributed by atoms with Crippen molar-refractivity contribution in [1.29, 1.82) is 0 Å². The van der Waals surface area contributed by atoms with Crippen molar-refractivity contribution in [2.45, 2.75) is 133 Å². The van der Waals surface area contributed by atoms with E-state index in [0.717, 1.165) is 36.0 Å². The first kappa shape index (κ1) is 40.6. The standard InChI is InChI=1S/C44H55N3O11/c1-43(2,3)57-35(49)19-17-30(24-48)45-40(50)31(20-26-10-6-5-7-11-26)46(4)42(52)44-22-34-36-37(54-25-53-36)39(44)58-47(38(44)41(51)56-34)23-29-13-9-8-12-28(29)16-14-27-15-18-32-33(21-27)55-32/h5-14,16,27,30-34,36-39,48H,15,17-25H2,1-4H3,(H,45,50)/t27?,30-,31+,32?,33?,34+,36-,37-,38-,39+,44-/m0/s1. The van der Waals surface area contributed by atoms with Crippen molar-refractivity contribution in [2.24, 2.45) is 11.3 Å². The fraction of sp³-hybridized carbons (Fsp3) is 0.591. The number of nitrogens with one attached hydrogen (secondary N) is 1. The zero-order chi connectivity index (χ0) is 40.8. The first-order valence-electron chi connectivity index (χ1n) is 20.6. The molecule has 2 aliphatic carbocycles. The number of esters is 2. The van der Waals surface area contributed by atoms with E-state index in [0.29, 0.717) is 18.1 Å². The third kappa shape index (κ3) is 8.19. The number of allylic oxidation sites excluding steroid dienone is 1. The Morgan fingerprint density at radius 3 is 2.55 bits per heavy atom. The molecule has 58 heavy (non-hydrogen) atoms. The number of carbonyl (C=O) groups excluding carboxylic acids is 4. The Hall–Kier alpha value is -4.18. The van der Waals surface area contributed by atoms with Gasteiger partial charge >= 0.3 is 11.9 Å². The molecule has 14 heteroatoms. The van der Waals surface area contributed by atoms with Crippen LogP contribution < -0.4 is 5.32 Å². The molecule has 2 aromatic carbocycles. The first-order chi connectivity index (χ1) is 27.8. The average Bonchev–Trinajstić information content (AvgIpc) is 3.63. The predicted molar refractivity (Wildman–Crippen MR) is 208 cm³/mol. The van der Waals surface area contributed by atoms with Crippen LogP contribution in [0.25, 0.3) is 6.08 Å². The number of hydrogen-bond donors (Lipinski definition) is 2. The fourth-order valence-electron chi connectivity index (χ4n) is 9.57. The van der Waals surface area contributed by atoms with Crippen molar-refractivity contribution in [1.82, 2.24) is 15.3 Å². The first-order valence-corrected chi connectivity index (χ1v) is 20.6. The molecule has 3 unspecified atom stereocenters. The zero-order valence-electron chi connectivity index (χ0n) is 33.6. The van der Waals surface area contributed by atoms with E-state index in [-0.39, 0.29) is 39.0 Å². The normalized spacial score (nSPS) is 32.1. The maximum atomic E-state index is 15.4. The highest BCUT2D eigenvalue weighted by Crippen LogP contribution is 2.56. The monoisotopic (exact) mass is 801 g/mol. The van der Waals surface area contributed by atoms with Crippen molar-refractivity contribution >= 4 is 29.8 Å². The lowest BCUT2D eigenvalue weighted by atomic mass is 9.62. The number of hydroxylamine groups is 2. The topological polar surface area (TPSA) is 166 Å². The Labute approximate surface area is 339 Å². The van der Waals surface area contributed by atoms with E-state index in [4.69, 9.17) is 28.5 Å². The molecule has 4 saturated heterocycles. The second kappa shape index (κ2) is 16.5. The molecule has 6 aliphatic rings. The van der Waals surface area contributed by atoms with Gasteiger partial charge < -0.3 is 39.0 Å². The van der Waals surface area contributed by atoms with E-state index in [1.165, 1.54) is 4.90 Å². The highest BCUT2D eigenvalue weighted by atomic mass is 16.8. The number of rotatable bonds is 14. The van der Waals surface area contributed by atoms with Crippen LogP contribution in [0, 0.1) is 11.3 Å². The van der Waals surface area contributed by atoms with Gasteiger partial charge in [-0.05, 0) is 69.1 Å². The summed E-state index contributed by atoms with van der Waals surface area (Å²) >= 11 is 0. The molecule has 11 atom stereocenters. The number of hydrogen-bond acceptors (Lipinski definition) is 12. The number of nitrogens with zero attached hydrogens (tertiary/aromatic N) is 2. The van der Waals surface area contributed by atoms with Crippen molar-refractivity contribution in [3.05, 3.63) is 77.4 Å². The Balaban J connectivity index is 1.07. The summed E-state index contributed by atoms with van der Waals surface area (Å²) in [5, 5.41) is 14.7. The van der Waals surface area contributed by atoms with Gasteiger partial charge in [0.2, 0.25) is 11.8 Å². The van der Waals surface area contributed by atoms with Crippen LogP contribution in [0.3, 0.4) is 0 Å². The molecule has 0 radical (unpaired) electrons. The van der Waals surface area contributed by atoms with Crippen molar-refractivity contribution in [3.8, 4) is 0 Å². The zero-order valence-corrected chi connectivity index (χ0v) is 33.6. The number of carbonyl (C=O) groups is 4. The maximum absolute atomic E-state index is 15.4. The number of epoxide rings is 1. The summed E-state index contributed by atoms with van der Waals surface area (Å²) in [6, 6.07) is 14.3. The number of benzene rings is 2. The number of aliphatic hydroxyl groups is 1. The summed E-state index contributed by atoms with van der Waals surface area (Å²) < 4.78 is 29.2. The number of ether oxygens (including phenoxy) is 5. The van der Waals surface area contributed by atoms with Crippen LogP contribution in [0.4, 0.5) is 0 Å². The summed E-state index contributed by atoms with van der Waals surface area (Å²) in [6.07, 6.45) is 5.64. The number of aliphatic hydroxyl groups excluding tert-OH is 1. The van der Waals surface area contributed by atoms with Gasteiger partial charge in [0.25, 0.3) is 0 Å². The molecule has 14 nitrogen and oxygen atoms in total. The third-order valence-corrected chi connectivity index (χ3v) is 12.5. The third-order valence-electron chi connectivity index (χ3n) is 12.5. The summed E-state index contributed by atoms with van der Waals surface area (Å²) in [4.78, 5) is 64.6. The number of fused-ring (bicyclic) bond motifs is 5. The second-order valence-corrected chi connectivity index (χ2v) is 17.6. The van der Waals surface area contributed by atoms with E-state index in [2.05, 4.69) is 17.5 Å². The molecule has 8 rings (SSSR count). The molecule has 2 bridgehead atoms. The van der Waals surface area contributed by atoms with Crippen LogP contribution in [0.5, 0.6) is 0 Å². The summed E-state index contributed by atoms with van der Waals surface area (Å²) in [5.74, 6) is -1.61. The van der Waals surface area contributed by atoms with Gasteiger partial charge in [-0.2, -0.15) is 5.06 Å². The minimum absolute atomic E-state index is 0.0238. The van der Waals surface area contributed by atoms with E-state index >= 15 is 4.79 Å². The lowest BCUT2D eigenvalue weighted by molar-refractivity contribution is -0.204. The summed E-state index contributed by atoms with van der Waals surface area (Å²) in [6.45, 7) is 5.02. The summed E-state index contributed by atoms with van der Waals surface area (Å²) in [7, 11) is 1.57. The predicted octanol–water partition coefficient (Wildman–Crippen LogP) is 3.48. The molecule has 2 N–H and O–H groups in total. The van der Waals surface area contributed by atoms with Crippen molar-refractivity contribution in [3.63, 3.8) is 0 Å². The lowest BCUT2D eigenvalue weighted by Gasteiger charge is -2.50. The van der Waals surface area contributed by atoms with Gasteiger partial charge in [0.15, 0.2) is 6.04 Å². The van der Waals surface area contributed by atoms with Gasteiger partial charge in [-0.25, -0.2) is 0 Å². The van der Waals surface area contributed by atoms with E-state index in [9.17, 15) is 19.5 Å². The molecular weight excluding hydrogens is 746 g/mol.